The number of nitrogens with two attached hydrogens (primary N) is 1. The molecule has 0 aliphatic heterocycles. The van der Waals surface area contributed by atoms with Crippen LogP contribution in [0.15, 0.2) is 5.16 Å². The van der Waals surface area contributed by atoms with Gasteiger partial charge in [0.05, 0.1) is 6.54 Å². The highest BCUT2D eigenvalue weighted by Gasteiger charge is 2.32. The van der Waals surface area contributed by atoms with Gasteiger partial charge in [-0.1, -0.05) is 19.0 Å². The van der Waals surface area contributed by atoms with Crippen LogP contribution in [0.5, 0.6) is 0 Å². The number of rotatable bonds is 7. The van der Waals surface area contributed by atoms with Crippen LogP contribution in [0.3, 0.4) is 0 Å². The summed E-state index contributed by atoms with van der Waals surface area (Å²) in [5, 5.41) is 11.6. The van der Waals surface area contributed by atoms with Crippen LogP contribution in [-0.2, 0) is 0 Å². The van der Waals surface area contributed by atoms with E-state index in [4.69, 9.17) is 10.9 Å². The lowest BCUT2D eigenvalue weighted by Gasteiger charge is -2.29. The first-order valence-corrected chi connectivity index (χ1v) is 6.28. The van der Waals surface area contributed by atoms with Crippen LogP contribution in [0.1, 0.15) is 40.5 Å². The van der Waals surface area contributed by atoms with Crippen molar-refractivity contribution in [1.82, 2.24) is 4.90 Å². The van der Waals surface area contributed by atoms with Crippen LogP contribution in [-0.4, -0.2) is 41.3 Å². The van der Waals surface area contributed by atoms with E-state index < -0.39 is 18.1 Å². The Labute approximate surface area is 112 Å². The van der Waals surface area contributed by atoms with Gasteiger partial charge in [-0.3, -0.25) is 4.90 Å². The minimum atomic E-state index is -4.19. The smallest absolute Gasteiger partial charge is 0.401 e. The number of nitrogens with zero attached hydrogens (tertiary/aromatic N) is 2. The quantitative estimate of drug-likeness (QED) is 0.327. The van der Waals surface area contributed by atoms with Crippen LogP contribution in [0, 0.1) is 5.41 Å². The zero-order valence-corrected chi connectivity index (χ0v) is 12.0. The van der Waals surface area contributed by atoms with Crippen molar-refractivity contribution in [2.24, 2.45) is 16.3 Å². The molecule has 0 aliphatic carbocycles. The molecule has 4 nitrogen and oxygen atoms in total. The summed E-state index contributed by atoms with van der Waals surface area (Å²) in [5.74, 6) is 0.0967. The van der Waals surface area contributed by atoms with E-state index >= 15 is 0 Å². The summed E-state index contributed by atoms with van der Waals surface area (Å²) in [6.45, 7) is 6.49. The average Bonchev–Trinajstić information content (AvgIpc) is 2.24. The molecule has 114 valence electrons. The van der Waals surface area contributed by atoms with Gasteiger partial charge in [0.2, 0.25) is 0 Å². The van der Waals surface area contributed by atoms with Gasteiger partial charge in [-0.2, -0.15) is 13.2 Å². The molecule has 0 bridgehead atoms. The summed E-state index contributed by atoms with van der Waals surface area (Å²) in [4.78, 5) is 1.38. The molecule has 0 saturated heterocycles. The number of halogens is 3. The maximum absolute atomic E-state index is 12.4. The molecule has 0 aromatic carbocycles. The highest BCUT2D eigenvalue weighted by molar-refractivity contribution is 5.85. The van der Waals surface area contributed by atoms with E-state index in [0.717, 1.165) is 0 Å². The van der Waals surface area contributed by atoms with E-state index in [1.807, 2.05) is 0 Å². The van der Waals surface area contributed by atoms with Crippen molar-refractivity contribution < 1.29 is 18.4 Å². The SMILES string of the molecule is CC(C)N(CCCC(C)(C)C(N)=NO)CC(F)(F)F. The monoisotopic (exact) mass is 283 g/mol. The Bertz CT molecular complexity index is 301. The van der Waals surface area contributed by atoms with E-state index in [2.05, 4.69) is 5.16 Å². The van der Waals surface area contributed by atoms with Crippen molar-refractivity contribution in [3.8, 4) is 0 Å². The second kappa shape index (κ2) is 6.98. The summed E-state index contributed by atoms with van der Waals surface area (Å²) >= 11 is 0. The Hall–Kier alpha value is -0.980. The molecule has 0 amide bonds. The van der Waals surface area contributed by atoms with Gasteiger partial charge >= 0.3 is 6.18 Å². The third kappa shape index (κ3) is 7.25. The minimum Gasteiger partial charge on any atom is -0.409 e. The number of hydrogen-bond acceptors (Lipinski definition) is 3. The molecule has 0 atom stereocenters. The molecule has 0 unspecified atom stereocenters. The van der Waals surface area contributed by atoms with Gasteiger partial charge in [-0.15, -0.1) is 0 Å². The zero-order chi connectivity index (χ0) is 15.3. The van der Waals surface area contributed by atoms with Crippen LogP contribution < -0.4 is 5.73 Å². The number of amidine groups is 1. The van der Waals surface area contributed by atoms with Gasteiger partial charge in [-0.05, 0) is 33.2 Å². The third-order valence-electron chi connectivity index (χ3n) is 3.16. The summed E-state index contributed by atoms with van der Waals surface area (Å²) < 4.78 is 37.2. The Morgan fingerprint density at radius 2 is 1.84 bits per heavy atom. The molecule has 0 aromatic rings. The van der Waals surface area contributed by atoms with Gasteiger partial charge < -0.3 is 10.9 Å². The van der Waals surface area contributed by atoms with E-state index in [1.54, 1.807) is 27.7 Å². The normalized spacial score (nSPS) is 14.5. The van der Waals surface area contributed by atoms with Gasteiger partial charge in [0.15, 0.2) is 0 Å². The second-order valence-corrected chi connectivity index (χ2v) is 5.65. The van der Waals surface area contributed by atoms with Crippen LogP contribution >= 0.6 is 0 Å². The van der Waals surface area contributed by atoms with E-state index in [1.165, 1.54) is 4.90 Å². The van der Waals surface area contributed by atoms with E-state index in [0.29, 0.717) is 19.4 Å². The van der Waals surface area contributed by atoms with Gasteiger partial charge in [0.1, 0.15) is 5.84 Å². The molecule has 7 heteroatoms. The molecule has 0 rings (SSSR count). The molecule has 0 saturated carbocycles. The van der Waals surface area contributed by atoms with Crippen molar-refractivity contribution in [2.75, 3.05) is 13.1 Å². The number of alkyl halides is 3. The highest BCUT2D eigenvalue weighted by atomic mass is 19.4. The maximum atomic E-state index is 12.4. The molecule has 19 heavy (non-hydrogen) atoms. The van der Waals surface area contributed by atoms with E-state index in [-0.39, 0.29) is 11.9 Å². The van der Waals surface area contributed by atoms with Crippen molar-refractivity contribution in [1.29, 1.82) is 0 Å². The third-order valence-corrected chi connectivity index (χ3v) is 3.16. The van der Waals surface area contributed by atoms with Crippen LogP contribution in [0.25, 0.3) is 0 Å². The van der Waals surface area contributed by atoms with Crippen molar-refractivity contribution in [2.45, 2.75) is 52.8 Å². The van der Waals surface area contributed by atoms with E-state index in [9.17, 15) is 13.2 Å². The van der Waals surface area contributed by atoms with Gasteiger partial charge in [0, 0.05) is 11.5 Å². The zero-order valence-electron chi connectivity index (χ0n) is 12.0. The van der Waals surface area contributed by atoms with Crippen molar-refractivity contribution in [3.05, 3.63) is 0 Å². The maximum Gasteiger partial charge on any atom is 0.401 e. The van der Waals surface area contributed by atoms with Crippen LogP contribution in [0.2, 0.25) is 0 Å². The summed E-state index contributed by atoms with van der Waals surface area (Å²) in [5.41, 5.74) is 5.02. The molecule has 0 fully saturated rings. The summed E-state index contributed by atoms with van der Waals surface area (Å²) in [6, 6.07) is -0.173. The lowest BCUT2D eigenvalue weighted by atomic mass is 9.86. The molecular formula is C12H24F3N3O. The minimum absolute atomic E-state index is 0.0967. The first-order chi connectivity index (χ1) is 8.49. The first-order valence-electron chi connectivity index (χ1n) is 6.28. The summed E-state index contributed by atoms with van der Waals surface area (Å²) in [7, 11) is 0. The average molecular weight is 283 g/mol. The molecule has 0 spiro atoms. The van der Waals surface area contributed by atoms with Crippen LogP contribution in [0.4, 0.5) is 13.2 Å². The van der Waals surface area contributed by atoms with Crippen molar-refractivity contribution >= 4 is 5.84 Å². The molecule has 0 aromatic heterocycles. The second-order valence-electron chi connectivity index (χ2n) is 5.65. The van der Waals surface area contributed by atoms with Gasteiger partial charge in [0.25, 0.3) is 0 Å². The molecule has 3 N–H and O–H groups in total. The first kappa shape index (κ1) is 18.0. The Balaban J connectivity index is 4.36. The molecule has 0 aliphatic rings. The lowest BCUT2D eigenvalue weighted by molar-refractivity contribution is -0.149. The fourth-order valence-electron chi connectivity index (χ4n) is 1.74. The highest BCUT2D eigenvalue weighted by Crippen LogP contribution is 2.24. The number of hydrogen-bond donors (Lipinski definition) is 2. The molecule has 0 radical (unpaired) electrons. The molecular weight excluding hydrogens is 259 g/mol. The predicted octanol–water partition coefficient (Wildman–Crippen LogP) is 2.81. The van der Waals surface area contributed by atoms with Crippen molar-refractivity contribution in [3.63, 3.8) is 0 Å². The number of oxime groups is 1. The lowest BCUT2D eigenvalue weighted by Crippen LogP contribution is -2.40. The topological polar surface area (TPSA) is 61.8 Å². The van der Waals surface area contributed by atoms with Gasteiger partial charge in [-0.25, -0.2) is 0 Å². The standard InChI is InChI=1S/C12H24F3N3O/c1-9(2)18(8-12(13,14)15)7-5-6-11(3,4)10(16)17-19/h9,19H,5-8H2,1-4H3,(H2,16,17). The fraction of sp³-hybridized carbons (Fsp3) is 0.917. The fourth-order valence-corrected chi connectivity index (χ4v) is 1.74. The predicted molar refractivity (Wildman–Crippen MR) is 69.2 cm³/mol. The Kier molecular flexibility index (Phi) is 6.62. The molecule has 0 heterocycles. The Morgan fingerprint density at radius 1 is 1.32 bits per heavy atom. The summed E-state index contributed by atoms with van der Waals surface area (Å²) in [6.07, 6.45) is -3.08. The largest absolute Gasteiger partial charge is 0.409 e. The Morgan fingerprint density at radius 3 is 2.21 bits per heavy atom.